The Kier molecular flexibility index (Phi) is 6.86. The van der Waals surface area contributed by atoms with Gasteiger partial charge in [-0.05, 0) is 22.2 Å². The number of rotatable bonds is 4. The van der Waals surface area contributed by atoms with Gasteiger partial charge in [0.2, 0.25) is 0 Å². The van der Waals surface area contributed by atoms with Crippen molar-refractivity contribution in [1.29, 1.82) is 5.26 Å². The van der Waals surface area contributed by atoms with E-state index in [1.165, 1.54) is 0 Å². The maximum Gasteiger partial charge on any atom is 0.335 e. The van der Waals surface area contributed by atoms with Gasteiger partial charge in [-0.2, -0.15) is 5.26 Å². The van der Waals surface area contributed by atoms with Crippen molar-refractivity contribution in [3.05, 3.63) is 0 Å². The van der Waals surface area contributed by atoms with Gasteiger partial charge in [-0.3, -0.25) is 0 Å². The van der Waals surface area contributed by atoms with E-state index in [0.717, 1.165) is 0 Å². The molecule has 4 atom stereocenters. The first-order valence-electron chi connectivity index (χ1n) is 9.84. The molecule has 0 saturated carbocycles. The highest BCUT2D eigenvalue weighted by molar-refractivity contribution is 6.83. The van der Waals surface area contributed by atoms with Gasteiger partial charge in [0.25, 0.3) is 0 Å². The van der Waals surface area contributed by atoms with E-state index in [2.05, 4.69) is 61.5 Å². The van der Waals surface area contributed by atoms with E-state index in [-0.39, 0.29) is 28.3 Å². The second kappa shape index (κ2) is 8.06. The first kappa shape index (κ1) is 22.1. The van der Waals surface area contributed by atoms with Crippen molar-refractivity contribution < 1.29 is 17.7 Å². The van der Waals surface area contributed by atoms with E-state index >= 15 is 0 Å². The highest BCUT2D eigenvalue weighted by atomic mass is 28.5. The van der Waals surface area contributed by atoms with Crippen molar-refractivity contribution in [2.24, 2.45) is 5.92 Å². The zero-order chi connectivity index (χ0) is 19.9. The number of fused-ring (bicyclic) bond motifs is 1. The third-order valence-corrected chi connectivity index (χ3v) is 16.1. The van der Waals surface area contributed by atoms with Crippen LogP contribution in [0.3, 0.4) is 0 Å². The summed E-state index contributed by atoms with van der Waals surface area (Å²) in [4.78, 5) is 0. The summed E-state index contributed by atoms with van der Waals surface area (Å²) in [6.07, 6.45) is -0.704. The van der Waals surface area contributed by atoms with Gasteiger partial charge in [-0.25, -0.2) is 0 Å². The van der Waals surface area contributed by atoms with Gasteiger partial charge in [0, 0.05) is 6.00 Å². The Labute approximate surface area is 162 Å². The van der Waals surface area contributed by atoms with Crippen LogP contribution in [0.5, 0.6) is 0 Å². The van der Waals surface area contributed by atoms with Crippen molar-refractivity contribution in [2.45, 2.75) is 95.8 Å². The fraction of sp³-hybridized carbons (Fsp3) is 0.944. The molecule has 2 heterocycles. The Morgan fingerprint density at radius 3 is 1.85 bits per heavy atom. The van der Waals surface area contributed by atoms with Crippen molar-refractivity contribution in [3.8, 4) is 6.07 Å². The summed E-state index contributed by atoms with van der Waals surface area (Å²) in [6, 6.07) is 1.65. The minimum atomic E-state index is -2.70. The van der Waals surface area contributed by atoms with Crippen LogP contribution in [0.4, 0.5) is 0 Å². The smallest absolute Gasteiger partial charge is 0.335 e. The fourth-order valence-electron chi connectivity index (χ4n) is 4.35. The van der Waals surface area contributed by atoms with Crippen molar-refractivity contribution in [3.63, 3.8) is 0 Å². The van der Waals surface area contributed by atoms with Crippen LogP contribution in [0.25, 0.3) is 0 Å². The molecule has 0 aliphatic carbocycles. The molecule has 0 aromatic rings. The largest absolute Gasteiger partial charge is 0.414 e. The zero-order valence-corrected chi connectivity index (χ0v) is 19.5. The third kappa shape index (κ3) is 3.59. The second-order valence-corrected chi connectivity index (χ2v) is 17.7. The quantitative estimate of drug-likeness (QED) is 0.674. The molecule has 1 unspecified atom stereocenters. The molecule has 0 aromatic heterocycles. The lowest BCUT2D eigenvalue weighted by atomic mass is 9.86. The Hall–Kier alpha value is -0.171. The van der Waals surface area contributed by atoms with Gasteiger partial charge in [-0.1, -0.05) is 55.4 Å². The standard InChI is InChI=1S/C18H34BNO4Si2/c1-11(2)25(12(3)4)21-10-16-17(15(9-20)18(19)22-16)23-26(24-25,13(5)6)14(7)8/h11-18H,10H2,1-8H3/t15-,16+,17?,18+/m0/s1. The van der Waals surface area contributed by atoms with E-state index in [9.17, 15) is 5.26 Å². The van der Waals surface area contributed by atoms with E-state index in [1.54, 1.807) is 0 Å². The van der Waals surface area contributed by atoms with Crippen LogP contribution >= 0.6 is 0 Å². The predicted octanol–water partition coefficient (Wildman–Crippen LogP) is 3.98. The molecule has 0 N–H and O–H groups in total. The SMILES string of the molecule is [B][C@@H]1O[C@@H]2CO[Si](C(C)C)(C(C)C)O[Si](C(C)C)(C(C)C)OC2[C@@H]1C#N. The van der Waals surface area contributed by atoms with Gasteiger partial charge >= 0.3 is 17.1 Å². The summed E-state index contributed by atoms with van der Waals surface area (Å²) >= 11 is 0. The van der Waals surface area contributed by atoms with E-state index in [4.69, 9.17) is 25.6 Å². The van der Waals surface area contributed by atoms with E-state index in [1.807, 2.05) is 0 Å². The molecule has 2 radical (unpaired) electrons. The summed E-state index contributed by atoms with van der Waals surface area (Å²) in [5.74, 6) is -0.496. The monoisotopic (exact) mass is 395 g/mol. The molecule has 2 fully saturated rings. The first-order valence-corrected chi connectivity index (χ1v) is 13.8. The summed E-state index contributed by atoms with van der Waals surface area (Å²) < 4.78 is 26.4. The fourth-order valence-corrected chi connectivity index (χ4v) is 15.6. The molecule has 146 valence electrons. The molecular weight excluding hydrogens is 361 g/mol. The Balaban J connectivity index is 2.56. The Morgan fingerprint density at radius 2 is 1.42 bits per heavy atom. The summed E-state index contributed by atoms with van der Waals surface area (Å²) in [6.45, 7) is 17.8. The lowest BCUT2D eigenvalue weighted by Gasteiger charge is -2.51. The maximum atomic E-state index is 9.62. The molecule has 26 heavy (non-hydrogen) atoms. The molecule has 2 aliphatic rings. The number of ether oxygens (including phenoxy) is 1. The van der Waals surface area contributed by atoms with Gasteiger partial charge in [0.1, 0.15) is 14.0 Å². The van der Waals surface area contributed by atoms with Crippen LogP contribution in [0.2, 0.25) is 22.2 Å². The van der Waals surface area contributed by atoms with Gasteiger partial charge < -0.3 is 17.7 Å². The van der Waals surface area contributed by atoms with Crippen molar-refractivity contribution >= 4 is 25.0 Å². The molecule has 0 amide bonds. The predicted molar refractivity (Wildman–Crippen MR) is 107 cm³/mol. The summed E-state index contributed by atoms with van der Waals surface area (Å²) in [5, 5.41) is 9.62. The molecule has 0 bridgehead atoms. The van der Waals surface area contributed by atoms with Crippen LogP contribution in [-0.2, 0) is 17.7 Å². The van der Waals surface area contributed by atoms with Crippen LogP contribution in [0.1, 0.15) is 55.4 Å². The first-order chi connectivity index (χ1) is 12.0. The normalized spacial score (nSPS) is 34.0. The molecule has 2 aliphatic heterocycles. The summed E-state index contributed by atoms with van der Waals surface area (Å²) in [7, 11) is 0.818. The topological polar surface area (TPSA) is 60.7 Å². The van der Waals surface area contributed by atoms with E-state index < -0.39 is 35.1 Å². The number of nitriles is 1. The molecule has 0 aromatic carbocycles. The average molecular weight is 395 g/mol. The number of hydrogen-bond donors (Lipinski definition) is 0. The summed E-state index contributed by atoms with van der Waals surface area (Å²) in [5.41, 5.74) is 1.03. The minimum Gasteiger partial charge on any atom is -0.414 e. The van der Waals surface area contributed by atoms with Gasteiger partial charge in [0.05, 0.1) is 24.7 Å². The second-order valence-electron chi connectivity index (χ2n) is 8.85. The zero-order valence-electron chi connectivity index (χ0n) is 17.5. The lowest BCUT2D eigenvalue weighted by Crippen LogP contribution is -2.65. The Morgan fingerprint density at radius 1 is 0.923 bits per heavy atom. The molecule has 2 rings (SSSR count). The molecule has 5 nitrogen and oxygen atoms in total. The van der Waals surface area contributed by atoms with Crippen molar-refractivity contribution in [2.75, 3.05) is 6.61 Å². The maximum absolute atomic E-state index is 9.62. The number of hydrogen-bond acceptors (Lipinski definition) is 5. The Bertz CT molecular complexity index is 522. The average Bonchev–Trinajstić information content (AvgIpc) is 2.80. The minimum absolute atomic E-state index is 0.227. The molecular formula is C18H34BNO4Si2. The van der Waals surface area contributed by atoms with Crippen LogP contribution in [0.15, 0.2) is 0 Å². The highest BCUT2D eigenvalue weighted by Crippen LogP contribution is 2.47. The number of nitrogens with zero attached hydrogens (tertiary/aromatic N) is 1. The lowest BCUT2D eigenvalue weighted by molar-refractivity contribution is -0.0262. The highest BCUT2D eigenvalue weighted by Gasteiger charge is 2.61. The molecule has 0 spiro atoms. The van der Waals surface area contributed by atoms with Crippen LogP contribution in [-0.4, -0.2) is 49.8 Å². The van der Waals surface area contributed by atoms with Gasteiger partial charge in [0.15, 0.2) is 0 Å². The van der Waals surface area contributed by atoms with Crippen LogP contribution < -0.4 is 0 Å². The van der Waals surface area contributed by atoms with Gasteiger partial charge in [-0.15, -0.1) is 0 Å². The third-order valence-electron chi connectivity index (χ3n) is 5.89. The molecule has 2 saturated heterocycles. The molecule has 8 heteroatoms. The van der Waals surface area contributed by atoms with Crippen LogP contribution in [0, 0.1) is 17.2 Å². The van der Waals surface area contributed by atoms with Crippen molar-refractivity contribution in [1.82, 2.24) is 0 Å². The van der Waals surface area contributed by atoms with E-state index in [0.29, 0.717) is 6.61 Å².